The van der Waals surface area contributed by atoms with Gasteiger partial charge in [-0.25, -0.2) is 9.97 Å². The van der Waals surface area contributed by atoms with E-state index in [1.165, 1.54) is 0 Å². The third-order valence-corrected chi connectivity index (χ3v) is 3.10. The first-order valence-electron chi connectivity index (χ1n) is 6.59. The maximum Gasteiger partial charge on any atom is 0.211 e. The first-order valence-corrected chi connectivity index (χ1v) is 6.59. The summed E-state index contributed by atoms with van der Waals surface area (Å²) < 4.78 is 5.49. The minimum Gasteiger partial charge on any atom is -0.444 e. The van der Waals surface area contributed by atoms with Gasteiger partial charge in [-0.05, 0) is 26.0 Å². The fourth-order valence-electron chi connectivity index (χ4n) is 2.00. The smallest absolute Gasteiger partial charge is 0.211 e. The number of nitrogens with one attached hydrogen (secondary N) is 1. The van der Waals surface area contributed by atoms with Crippen molar-refractivity contribution in [3.8, 4) is 0 Å². The summed E-state index contributed by atoms with van der Waals surface area (Å²) in [7, 11) is 0. The molecule has 0 aliphatic carbocycles. The average molecular weight is 268 g/mol. The van der Waals surface area contributed by atoms with Crippen molar-refractivity contribution in [3.63, 3.8) is 0 Å². The lowest BCUT2D eigenvalue weighted by Gasteiger charge is -2.09. The van der Waals surface area contributed by atoms with Crippen molar-refractivity contribution in [2.24, 2.45) is 0 Å². The number of hydrogen-bond donors (Lipinski definition) is 1. The van der Waals surface area contributed by atoms with Crippen molar-refractivity contribution in [1.29, 1.82) is 0 Å². The van der Waals surface area contributed by atoms with E-state index < -0.39 is 0 Å². The fraction of sp³-hybridized carbons (Fsp3) is 0.267. The minimum absolute atomic E-state index is 0.0389. The van der Waals surface area contributed by atoms with Gasteiger partial charge in [0, 0.05) is 6.54 Å². The molecule has 3 rings (SSSR count). The molecule has 3 aromatic rings. The molecule has 0 saturated heterocycles. The van der Waals surface area contributed by atoms with Crippen molar-refractivity contribution < 1.29 is 4.42 Å². The van der Waals surface area contributed by atoms with E-state index in [-0.39, 0.29) is 6.04 Å². The number of benzene rings is 1. The monoisotopic (exact) mass is 268 g/mol. The lowest BCUT2D eigenvalue weighted by atomic mass is 10.3. The van der Waals surface area contributed by atoms with Crippen LogP contribution in [0.15, 0.2) is 41.1 Å². The van der Waals surface area contributed by atoms with Crippen LogP contribution in [-0.2, 0) is 6.54 Å². The van der Waals surface area contributed by atoms with Crippen molar-refractivity contribution >= 4 is 11.0 Å². The summed E-state index contributed by atoms with van der Waals surface area (Å²) in [5.74, 6) is 1.51. The van der Waals surface area contributed by atoms with E-state index in [4.69, 9.17) is 4.42 Å². The molecule has 1 N–H and O–H groups in total. The Morgan fingerprint density at radius 3 is 2.70 bits per heavy atom. The van der Waals surface area contributed by atoms with Crippen molar-refractivity contribution in [2.45, 2.75) is 26.4 Å². The summed E-state index contributed by atoms with van der Waals surface area (Å²) in [5, 5.41) is 3.33. The average Bonchev–Trinajstić information content (AvgIpc) is 2.91. The number of para-hydroxylation sites is 2. The SMILES string of the molecule is Cc1cnc(C(C)NCc2cnc3ccccc3n2)o1. The first kappa shape index (κ1) is 12.7. The van der Waals surface area contributed by atoms with Crippen LogP contribution in [0.1, 0.15) is 30.3 Å². The zero-order chi connectivity index (χ0) is 13.9. The van der Waals surface area contributed by atoms with Crippen molar-refractivity contribution in [2.75, 3.05) is 0 Å². The highest BCUT2D eigenvalue weighted by Crippen LogP contribution is 2.13. The van der Waals surface area contributed by atoms with Gasteiger partial charge in [0.1, 0.15) is 5.76 Å². The second-order valence-corrected chi connectivity index (χ2v) is 4.76. The molecule has 20 heavy (non-hydrogen) atoms. The maximum absolute atomic E-state index is 5.49. The molecule has 0 bridgehead atoms. The molecule has 0 spiro atoms. The maximum atomic E-state index is 5.49. The van der Waals surface area contributed by atoms with Gasteiger partial charge in [0.2, 0.25) is 5.89 Å². The Kier molecular flexibility index (Phi) is 3.43. The molecule has 0 radical (unpaired) electrons. The van der Waals surface area contributed by atoms with Crippen molar-refractivity contribution in [1.82, 2.24) is 20.3 Å². The Hall–Kier alpha value is -2.27. The Morgan fingerprint density at radius 1 is 1.15 bits per heavy atom. The summed E-state index contributed by atoms with van der Waals surface area (Å²) in [6.45, 7) is 4.53. The Balaban J connectivity index is 1.70. The summed E-state index contributed by atoms with van der Waals surface area (Å²) in [4.78, 5) is 13.2. The number of nitrogens with zero attached hydrogens (tertiary/aromatic N) is 3. The van der Waals surface area contributed by atoms with Crippen LogP contribution in [0, 0.1) is 6.92 Å². The Bertz CT molecular complexity index is 722. The van der Waals surface area contributed by atoms with Gasteiger partial charge in [-0.2, -0.15) is 0 Å². The van der Waals surface area contributed by atoms with E-state index >= 15 is 0 Å². The zero-order valence-electron chi connectivity index (χ0n) is 11.5. The first-order chi connectivity index (χ1) is 9.72. The number of aromatic nitrogens is 3. The van der Waals surface area contributed by atoms with Gasteiger partial charge < -0.3 is 9.73 Å². The van der Waals surface area contributed by atoms with Crippen LogP contribution in [0.4, 0.5) is 0 Å². The molecule has 0 amide bonds. The highest BCUT2D eigenvalue weighted by Gasteiger charge is 2.11. The molecular weight excluding hydrogens is 252 g/mol. The van der Waals surface area contributed by atoms with Gasteiger partial charge in [-0.3, -0.25) is 4.98 Å². The number of aryl methyl sites for hydroxylation is 1. The second kappa shape index (κ2) is 5.38. The lowest BCUT2D eigenvalue weighted by Crippen LogP contribution is -2.19. The van der Waals surface area contributed by atoms with Crippen LogP contribution >= 0.6 is 0 Å². The number of rotatable bonds is 4. The van der Waals surface area contributed by atoms with Crippen molar-refractivity contribution in [3.05, 3.63) is 54.0 Å². The van der Waals surface area contributed by atoms with Gasteiger partial charge in [0.25, 0.3) is 0 Å². The molecule has 2 aromatic heterocycles. The Labute approximate surface area is 117 Å². The molecule has 2 heterocycles. The number of oxazole rings is 1. The van der Waals surface area contributed by atoms with Crippen LogP contribution in [-0.4, -0.2) is 15.0 Å². The summed E-state index contributed by atoms with van der Waals surface area (Å²) in [6.07, 6.45) is 3.52. The molecule has 5 nitrogen and oxygen atoms in total. The van der Waals surface area contributed by atoms with Crippen LogP contribution < -0.4 is 5.32 Å². The van der Waals surface area contributed by atoms with Crippen LogP contribution in [0.25, 0.3) is 11.0 Å². The molecule has 0 saturated carbocycles. The van der Waals surface area contributed by atoms with Crippen LogP contribution in [0.2, 0.25) is 0 Å². The molecule has 0 aliphatic heterocycles. The van der Waals surface area contributed by atoms with E-state index in [9.17, 15) is 0 Å². The van der Waals surface area contributed by atoms with Crippen LogP contribution in [0.3, 0.4) is 0 Å². The van der Waals surface area contributed by atoms with E-state index in [0.717, 1.165) is 22.5 Å². The van der Waals surface area contributed by atoms with Gasteiger partial charge >= 0.3 is 0 Å². The topological polar surface area (TPSA) is 63.8 Å². The highest BCUT2D eigenvalue weighted by atomic mass is 16.4. The predicted octanol–water partition coefficient (Wildman–Crippen LogP) is 2.78. The lowest BCUT2D eigenvalue weighted by molar-refractivity contribution is 0.401. The van der Waals surface area contributed by atoms with E-state index in [1.807, 2.05) is 38.1 Å². The molecule has 0 aliphatic rings. The number of hydrogen-bond acceptors (Lipinski definition) is 5. The standard InChI is InChI=1S/C15H16N4O/c1-10-7-18-15(20-10)11(2)16-8-12-9-17-13-5-3-4-6-14(13)19-12/h3-7,9,11,16H,8H2,1-2H3. The second-order valence-electron chi connectivity index (χ2n) is 4.76. The minimum atomic E-state index is 0.0389. The highest BCUT2D eigenvalue weighted by molar-refractivity contribution is 5.73. The van der Waals surface area contributed by atoms with Gasteiger partial charge in [0.05, 0.1) is 35.2 Å². The molecule has 1 aromatic carbocycles. The van der Waals surface area contributed by atoms with Gasteiger partial charge in [-0.1, -0.05) is 12.1 Å². The molecule has 102 valence electrons. The molecular formula is C15H16N4O. The summed E-state index contributed by atoms with van der Waals surface area (Å²) in [6, 6.07) is 7.88. The normalized spacial score (nSPS) is 12.7. The summed E-state index contributed by atoms with van der Waals surface area (Å²) >= 11 is 0. The molecule has 5 heteroatoms. The molecule has 1 atom stereocenters. The third kappa shape index (κ3) is 2.67. The van der Waals surface area contributed by atoms with E-state index in [2.05, 4.69) is 20.3 Å². The molecule has 1 unspecified atom stereocenters. The fourth-order valence-corrected chi connectivity index (χ4v) is 2.00. The quantitative estimate of drug-likeness (QED) is 0.788. The largest absolute Gasteiger partial charge is 0.444 e. The summed E-state index contributed by atoms with van der Waals surface area (Å²) in [5.41, 5.74) is 2.72. The van der Waals surface area contributed by atoms with Crippen LogP contribution in [0.5, 0.6) is 0 Å². The third-order valence-electron chi connectivity index (χ3n) is 3.10. The number of fused-ring (bicyclic) bond motifs is 1. The van der Waals surface area contributed by atoms with E-state index in [1.54, 1.807) is 12.4 Å². The molecule has 0 fully saturated rings. The Morgan fingerprint density at radius 2 is 1.95 bits per heavy atom. The van der Waals surface area contributed by atoms with E-state index in [0.29, 0.717) is 12.4 Å². The van der Waals surface area contributed by atoms with Gasteiger partial charge in [0.15, 0.2) is 0 Å². The van der Waals surface area contributed by atoms with Gasteiger partial charge in [-0.15, -0.1) is 0 Å². The zero-order valence-corrected chi connectivity index (χ0v) is 11.5. The predicted molar refractivity (Wildman–Crippen MR) is 76.0 cm³/mol.